The molecule has 0 aromatic carbocycles. The highest BCUT2D eigenvalue weighted by atomic mass is 16.6. The van der Waals surface area contributed by atoms with Gasteiger partial charge in [-0.15, -0.1) is 0 Å². The molecule has 16 heavy (non-hydrogen) atoms. The summed E-state index contributed by atoms with van der Waals surface area (Å²) >= 11 is 0. The summed E-state index contributed by atoms with van der Waals surface area (Å²) in [6.45, 7) is 7.29. The highest BCUT2D eigenvalue weighted by Gasteiger charge is 2.19. The summed E-state index contributed by atoms with van der Waals surface area (Å²) < 4.78 is 10.2. The molecule has 0 saturated carbocycles. The summed E-state index contributed by atoms with van der Waals surface area (Å²) in [4.78, 5) is 22.4. The van der Waals surface area contributed by atoms with Crippen molar-refractivity contribution in [2.75, 3.05) is 0 Å². The van der Waals surface area contributed by atoms with E-state index in [1.54, 1.807) is 13.8 Å². The van der Waals surface area contributed by atoms with Crippen molar-refractivity contribution < 1.29 is 19.1 Å². The van der Waals surface area contributed by atoms with E-state index in [-0.39, 0.29) is 24.1 Å². The molecule has 0 heterocycles. The van der Waals surface area contributed by atoms with Gasteiger partial charge in [0.1, 0.15) is 12.2 Å². The average molecular weight is 230 g/mol. The second kappa shape index (κ2) is 8.13. The standard InChI is InChI=1S/C12H22O4/c1-5-7-11(13)15-9(3)10(4)16-12(14)8-6-2/h9-10H,5-8H2,1-4H3/t9-,10-/m1/s1. The number of carbonyl (C=O) groups is 2. The Morgan fingerprint density at radius 3 is 1.44 bits per heavy atom. The van der Waals surface area contributed by atoms with Crippen LogP contribution >= 0.6 is 0 Å². The molecule has 0 spiro atoms. The van der Waals surface area contributed by atoms with Crippen LogP contribution in [0.15, 0.2) is 0 Å². The zero-order valence-corrected chi connectivity index (χ0v) is 10.6. The minimum absolute atomic E-state index is 0.242. The first-order valence-corrected chi connectivity index (χ1v) is 5.90. The highest BCUT2D eigenvalue weighted by molar-refractivity contribution is 5.70. The maximum absolute atomic E-state index is 11.2. The van der Waals surface area contributed by atoms with Gasteiger partial charge in [-0.2, -0.15) is 0 Å². The summed E-state index contributed by atoms with van der Waals surface area (Å²) in [5.41, 5.74) is 0. The Kier molecular flexibility index (Phi) is 7.60. The van der Waals surface area contributed by atoms with Crippen molar-refractivity contribution in [1.29, 1.82) is 0 Å². The first kappa shape index (κ1) is 14.9. The summed E-state index contributed by atoms with van der Waals surface area (Å²) in [6, 6.07) is 0. The van der Waals surface area contributed by atoms with Crippen LogP contribution in [0.4, 0.5) is 0 Å². The molecule has 0 saturated heterocycles. The van der Waals surface area contributed by atoms with Crippen molar-refractivity contribution >= 4 is 11.9 Å². The third-order valence-corrected chi connectivity index (χ3v) is 2.20. The summed E-state index contributed by atoms with van der Waals surface area (Å²) in [5.74, 6) is -0.484. The van der Waals surface area contributed by atoms with Gasteiger partial charge in [0.25, 0.3) is 0 Å². The monoisotopic (exact) mass is 230 g/mol. The van der Waals surface area contributed by atoms with E-state index >= 15 is 0 Å². The Labute approximate surface area is 97.3 Å². The fourth-order valence-electron chi connectivity index (χ4n) is 1.13. The van der Waals surface area contributed by atoms with Crippen LogP contribution in [0.3, 0.4) is 0 Å². The lowest BCUT2D eigenvalue weighted by Gasteiger charge is -2.20. The lowest BCUT2D eigenvalue weighted by atomic mass is 10.2. The van der Waals surface area contributed by atoms with Gasteiger partial charge in [-0.25, -0.2) is 0 Å². The minimum Gasteiger partial charge on any atom is -0.459 e. The van der Waals surface area contributed by atoms with Crippen molar-refractivity contribution in [3.05, 3.63) is 0 Å². The van der Waals surface area contributed by atoms with Gasteiger partial charge >= 0.3 is 11.9 Å². The number of carbonyl (C=O) groups excluding carboxylic acids is 2. The lowest BCUT2D eigenvalue weighted by Crippen LogP contribution is -2.30. The Hall–Kier alpha value is -1.06. The van der Waals surface area contributed by atoms with Crippen LogP contribution in [0.2, 0.25) is 0 Å². The van der Waals surface area contributed by atoms with Crippen molar-refractivity contribution in [3.63, 3.8) is 0 Å². The topological polar surface area (TPSA) is 52.6 Å². The zero-order valence-electron chi connectivity index (χ0n) is 10.6. The van der Waals surface area contributed by atoms with Crippen molar-refractivity contribution in [2.45, 2.75) is 65.6 Å². The Bertz CT molecular complexity index is 201. The normalized spacial score (nSPS) is 14.0. The molecule has 94 valence electrons. The van der Waals surface area contributed by atoms with E-state index in [1.165, 1.54) is 0 Å². The van der Waals surface area contributed by atoms with Gasteiger partial charge in [0.05, 0.1) is 0 Å². The molecule has 2 atom stereocenters. The molecule has 0 N–H and O–H groups in total. The van der Waals surface area contributed by atoms with Crippen LogP contribution in [-0.4, -0.2) is 24.1 Å². The van der Waals surface area contributed by atoms with Crippen LogP contribution in [0.5, 0.6) is 0 Å². The molecular weight excluding hydrogens is 208 g/mol. The van der Waals surface area contributed by atoms with Gasteiger partial charge in [0, 0.05) is 12.8 Å². The van der Waals surface area contributed by atoms with Gasteiger partial charge in [0.15, 0.2) is 0 Å². The van der Waals surface area contributed by atoms with E-state index in [1.807, 2.05) is 13.8 Å². The fourth-order valence-corrected chi connectivity index (χ4v) is 1.13. The number of hydrogen-bond acceptors (Lipinski definition) is 4. The molecule has 0 bridgehead atoms. The fraction of sp³-hybridized carbons (Fsp3) is 0.833. The molecule has 0 aromatic rings. The summed E-state index contributed by atoms with van der Waals surface area (Å²) in [5, 5.41) is 0. The first-order valence-electron chi connectivity index (χ1n) is 5.90. The third kappa shape index (κ3) is 6.43. The molecule has 0 aliphatic carbocycles. The molecule has 4 nitrogen and oxygen atoms in total. The number of esters is 2. The molecule has 0 amide bonds. The lowest BCUT2D eigenvalue weighted by molar-refractivity contribution is -0.165. The quantitative estimate of drug-likeness (QED) is 0.630. The largest absolute Gasteiger partial charge is 0.459 e. The Balaban J connectivity index is 3.93. The Morgan fingerprint density at radius 1 is 0.875 bits per heavy atom. The van der Waals surface area contributed by atoms with Gasteiger partial charge in [-0.3, -0.25) is 9.59 Å². The summed E-state index contributed by atoms with van der Waals surface area (Å²) in [6.07, 6.45) is 1.55. The van der Waals surface area contributed by atoms with Crippen LogP contribution in [0, 0.1) is 0 Å². The molecule has 0 fully saturated rings. The zero-order chi connectivity index (χ0) is 12.6. The van der Waals surface area contributed by atoms with Crippen LogP contribution in [-0.2, 0) is 19.1 Å². The average Bonchev–Trinajstić information content (AvgIpc) is 2.17. The van der Waals surface area contributed by atoms with Gasteiger partial charge in [-0.1, -0.05) is 13.8 Å². The molecular formula is C12H22O4. The SMILES string of the molecule is CCCC(=O)O[C@H](C)[C@@H](C)OC(=O)CCC. The van der Waals surface area contributed by atoms with E-state index in [4.69, 9.17) is 9.47 Å². The van der Waals surface area contributed by atoms with Crippen molar-refractivity contribution in [2.24, 2.45) is 0 Å². The van der Waals surface area contributed by atoms with Crippen molar-refractivity contribution in [1.82, 2.24) is 0 Å². The number of rotatable bonds is 7. The molecule has 0 aliphatic rings. The predicted octanol–water partition coefficient (Wildman–Crippen LogP) is 2.45. The second-order valence-corrected chi connectivity index (χ2v) is 3.89. The second-order valence-electron chi connectivity index (χ2n) is 3.89. The minimum atomic E-state index is -0.389. The maximum atomic E-state index is 11.2. The van der Waals surface area contributed by atoms with Crippen LogP contribution in [0.25, 0.3) is 0 Å². The van der Waals surface area contributed by atoms with E-state index in [2.05, 4.69) is 0 Å². The molecule has 4 heteroatoms. The Morgan fingerprint density at radius 2 is 1.19 bits per heavy atom. The first-order chi connectivity index (χ1) is 7.51. The van der Waals surface area contributed by atoms with E-state index in [0.717, 1.165) is 12.8 Å². The molecule has 0 aliphatic heterocycles. The van der Waals surface area contributed by atoms with Crippen LogP contribution < -0.4 is 0 Å². The molecule has 0 radical (unpaired) electrons. The molecule has 0 aromatic heterocycles. The molecule has 0 unspecified atom stereocenters. The maximum Gasteiger partial charge on any atom is 0.306 e. The van der Waals surface area contributed by atoms with Gasteiger partial charge in [0.2, 0.25) is 0 Å². The van der Waals surface area contributed by atoms with E-state index in [0.29, 0.717) is 12.8 Å². The van der Waals surface area contributed by atoms with Gasteiger partial charge in [-0.05, 0) is 26.7 Å². The third-order valence-electron chi connectivity index (χ3n) is 2.20. The number of ether oxygens (including phenoxy) is 2. The van der Waals surface area contributed by atoms with Crippen molar-refractivity contribution in [3.8, 4) is 0 Å². The number of hydrogen-bond donors (Lipinski definition) is 0. The van der Waals surface area contributed by atoms with E-state index in [9.17, 15) is 9.59 Å². The summed E-state index contributed by atoms with van der Waals surface area (Å²) in [7, 11) is 0. The van der Waals surface area contributed by atoms with Gasteiger partial charge < -0.3 is 9.47 Å². The molecule has 0 rings (SSSR count). The predicted molar refractivity (Wildman–Crippen MR) is 60.9 cm³/mol. The van der Waals surface area contributed by atoms with Crippen LogP contribution in [0.1, 0.15) is 53.4 Å². The highest BCUT2D eigenvalue weighted by Crippen LogP contribution is 2.07. The smallest absolute Gasteiger partial charge is 0.306 e. The van der Waals surface area contributed by atoms with E-state index < -0.39 is 0 Å².